The van der Waals surface area contributed by atoms with Crippen molar-refractivity contribution in [1.82, 2.24) is 20.0 Å². The molecule has 9 heteroatoms. The number of likely N-dealkylation sites (tertiary alicyclic amines) is 1. The van der Waals surface area contributed by atoms with Crippen molar-refractivity contribution in [1.29, 1.82) is 0 Å². The van der Waals surface area contributed by atoms with Crippen LogP contribution < -0.4 is 10.6 Å². The molecule has 1 fully saturated rings. The monoisotopic (exact) mass is 488 g/mol. The fraction of sp³-hybridized carbons (Fsp3) is 0.217. The maximum absolute atomic E-state index is 12.7. The third kappa shape index (κ3) is 4.63. The highest BCUT2D eigenvalue weighted by molar-refractivity contribution is 7.59. The molecule has 1 amide bonds. The molecule has 1 unspecified atom stereocenters. The number of benzene rings is 2. The average molecular weight is 489 g/mol. The molecule has 0 aliphatic carbocycles. The van der Waals surface area contributed by atoms with Crippen LogP contribution in [0, 0.1) is 0 Å². The molecule has 1 aliphatic heterocycles. The number of halogens is 1. The Labute approximate surface area is 206 Å². The first-order valence-electron chi connectivity index (χ1n) is 11.4. The van der Waals surface area contributed by atoms with Crippen molar-refractivity contribution in [2.75, 3.05) is 25.4 Å². The molecule has 2 N–H and O–H groups in total. The third-order valence-electron chi connectivity index (χ3n) is 5.30. The smallest absolute Gasteiger partial charge is 0.261 e. The summed E-state index contributed by atoms with van der Waals surface area (Å²) in [5.74, 6) is -0.198. The van der Waals surface area contributed by atoms with Gasteiger partial charge in [0.05, 0.1) is 33.0 Å². The molecule has 0 radical (unpaired) electrons. The number of hydrogen-bond donors (Lipinski definition) is 2. The fourth-order valence-corrected chi connectivity index (χ4v) is 4.68. The van der Waals surface area contributed by atoms with Gasteiger partial charge in [-0.2, -0.15) is 18.6 Å². The van der Waals surface area contributed by atoms with Gasteiger partial charge < -0.3 is 15.5 Å². The number of nitrogens with one attached hydrogen (secondary N) is 2. The number of rotatable bonds is 5. The van der Waals surface area contributed by atoms with Gasteiger partial charge in [-0.15, -0.1) is 11.3 Å². The van der Waals surface area contributed by atoms with Crippen molar-refractivity contribution in [2.24, 2.45) is 0 Å². The number of amides is 1. The molecular formula is C23H24ClN5OS2. The second-order valence-electron chi connectivity index (χ2n) is 7.51. The maximum atomic E-state index is 12.7. The van der Waals surface area contributed by atoms with Crippen molar-refractivity contribution in [3.8, 4) is 5.69 Å². The van der Waals surface area contributed by atoms with Gasteiger partial charge in [0.2, 0.25) is 0 Å². The summed E-state index contributed by atoms with van der Waals surface area (Å²) in [4.78, 5) is 14.7. The summed E-state index contributed by atoms with van der Waals surface area (Å²) in [6, 6.07) is 15.1. The highest BCUT2D eigenvalue weighted by Crippen LogP contribution is 2.29. The Balaban J connectivity index is 0.00000289. The van der Waals surface area contributed by atoms with Crippen LogP contribution in [0.2, 0.25) is 5.02 Å². The van der Waals surface area contributed by atoms with Gasteiger partial charge in [-0.3, -0.25) is 4.79 Å². The molecule has 0 spiro atoms. The van der Waals surface area contributed by atoms with E-state index in [1.807, 2.05) is 47.8 Å². The van der Waals surface area contributed by atoms with Gasteiger partial charge in [0.15, 0.2) is 0 Å². The number of carbonyl (C=O) groups is 1. The zero-order valence-corrected chi connectivity index (χ0v) is 19.6. The van der Waals surface area contributed by atoms with Crippen LogP contribution in [0.4, 0.5) is 11.4 Å². The van der Waals surface area contributed by atoms with E-state index in [4.69, 9.17) is 15.7 Å². The van der Waals surface area contributed by atoms with Gasteiger partial charge in [-0.1, -0.05) is 23.7 Å². The van der Waals surface area contributed by atoms with Crippen LogP contribution in [0.5, 0.6) is 0 Å². The molecule has 2 aromatic heterocycles. The SMILES string of the molecule is S.[2H]C([2H])([2H])N1CCC(NC(=O)c2cc(-n3ncc4cc(Nc5ccccc5Cl)ccc43)cs2)C1. The zero-order valence-electron chi connectivity index (χ0n) is 20.0. The number of carbonyl (C=O) groups excluding carboxylic acids is 1. The Morgan fingerprint density at radius 1 is 1.28 bits per heavy atom. The van der Waals surface area contributed by atoms with Crippen LogP contribution in [0.1, 0.15) is 20.2 Å². The van der Waals surface area contributed by atoms with Gasteiger partial charge in [-0.25, -0.2) is 4.68 Å². The molecule has 1 saturated heterocycles. The molecule has 2 aromatic carbocycles. The first kappa shape index (κ1) is 19.0. The number of thiophene rings is 1. The third-order valence-corrected chi connectivity index (χ3v) is 6.54. The maximum Gasteiger partial charge on any atom is 0.261 e. The summed E-state index contributed by atoms with van der Waals surface area (Å²) < 4.78 is 24.4. The average Bonchev–Trinajstić information content (AvgIpc) is 3.54. The Morgan fingerprint density at radius 2 is 2.16 bits per heavy atom. The molecule has 1 atom stereocenters. The molecule has 4 aromatic rings. The minimum absolute atomic E-state index is 0. The van der Waals surface area contributed by atoms with E-state index in [1.165, 1.54) is 16.2 Å². The Bertz CT molecular complexity index is 1360. The Kier molecular flexibility index (Phi) is 5.66. The van der Waals surface area contributed by atoms with Crippen molar-refractivity contribution in [2.45, 2.75) is 12.5 Å². The van der Waals surface area contributed by atoms with E-state index in [9.17, 15) is 4.79 Å². The minimum atomic E-state index is -2.13. The molecule has 0 bridgehead atoms. The largest absolute Gasteiger partial charge is 0.354 e. The van der Waals surface area contributed by atoms with E-state index < -0.39 is 6.98 Å². The highest BCUT2D eigenvalue weighted by Gasteiger charge is 2.22. The van der Waals surface area contributed by atoms with Gasteiger partial charge in [0.25, 0.3) is 5.91 Å². The number of aromatic nitrogens is 2. The molecule has 1 aliphatic rings. The fourth-order valence-electron chi connectivity index (χ4n) is 3.73. The predicted molar refractivity (Wildman–Crippen MR) is 137 cm³/mol. The van der Waals surface area contributed by atoms with Gasteiger partial charge in [-0.05, 0) is 56.3 Å². The summed E-state index contributed by atoms with van der Waals surface area (Å²) in [5.41, 5.74) is 3.44. The van der Waals surface area contributed by atoms with Crippen LogP contribution in [0.3, 0.4) is 0 Å². The lowest BCUT2D eigenvalue weighted by atomic mass is 10.2. The number of hydrogen-bond acceptors (Lipinski definition) is 5. The summed E-state index contributed by atoms with van der Waals surface area (Å²) >= 11 is 7.58. The topological polar surface area (TPSA) is 62.2 Å². The molecule has 0 saturated carbocycles. The van der Waals surface area contributed by atoms with Crippen LogP contribution in [0.25, 0.3) is 16.6 Å². The molecule has 166 valence electrons. The number of nitrogens with zero attached hydrogens (tertiary/aromatic N) is 3. The molecule has 3 heterocycles. The van der Waals surface area contributed by atoms with Crippen molar-refractivity contribution >= 4 is 64.6 Å². The first-order valence-corrected chi connectivity index (χ1v) is 11.2. The van der Waals surface area contributed by atoms with E-state index in [1.54, 1.807) is 16.9 Å². The lowest BCUT2D eigenvalue weighted by Crippen LogP contribution is -2.36. The van der Waals surface area contributed by atoms with Gasteiger partial charge >= 0.3 is 0 Å². The van der Waals surface area contributed by atoms with Gasteiger partial charge in [0.1, 0.15) is 0 Å². The van der Waals surface area contributed by atoms with Crippen LogP contribution in [0.15, 0.2) is 60.1 Å². The second kappa shape index (κ2) is 9.54. The van der Waals surface area contributed by atoms with E-state index in [0.717, 1.165) is 28.0 Å². The summed E-state index contributed by atoms with van der Waals surface area (Å²) in [6.45, 7) is -1.35. The van der Waals surface area contributed by atoms with E-state index in [2.05, 4.69) is 15.7 Å². The standard InChI is InChI=1S/C23H22ClN5OS.H2S/c1-28-9-8-17(13-28)27-23(30)22-11-18(14-31-22)29-21-7-6-16(10-15(21)12-25-29)26-20-5-3-2-4-19(20)24;/h2-7,10-12,14,17,26H,8-9,13H2,1H3,(H,27,30);1H2/i1D3;. The van der Waals surface area contributed by atoms with Crippen LogP contribution in [-0.2, 0) is 0 Å². The quantitative estimate of drug-likeness (QED) is 0.413. The van der Waals surface area contributed by atoms with E-state index in [-0.39, 0.29) is 25.4 Å². The van der Waals surface area contributed by atoms with Gasteiger partial charge in [0, 0.05) is 33.2 Å². The van der Waals surface area contributed by atoms with E-state index >= 15 is 0 Å². The first-order chi connectivity index (χ1) is 16.3. The minimum Gasteiger partial charge on any atom is -0.354 e. The number of para-hydroxylation sites is 1. The Morgan fingerprint density at radius 3 is 2.97 bits per heavy atom. The normalized spacial score (nSPS) is 17.9. The summed E-state index contributed by atoms with van der Waals surface area (Å²) in [7, 11) is 0. The summed E-state index contributed by atoms with van der Waals surface area (Å²) in [5, 5.41) is 14.3. The number of likely N-dealkylation sites (N-methyl/N-ethyl adjacent to an activating group) is 1. The van der Waals surface area contributed by atoms with E-state index in [0.29, 0.717) is 29.4 Å². The van der Waals surface area contributed by atoms with Crippen LogP contribution in [-0.4, -0.2) is 46.7 Å². The lowest BCUT2D eigenvalue weighted by molar-refractivity contribution is 0.0942. The second-order valence-corrected chi connectivity index (χ2v) is 8.83. The van der Waals surface area contributed by atoms with Crippen molar-refractivity contribution < 1.29 is 8.91 Å². The predicted octanol–water partition coefficient (Wildman–Crippen LogP) is 5.03. The summed E-state index contributed by atoms with van der Waals surface area (Å²) in [6.07, 6.45) is 2.41. The Hall–Kier alpha value is -2.52. The number of fused-ring (bicyclic) bond motifs is 1. The lowest BCUT2D eigenvalue weighted by Gasteiger charge is -2.11. The molecule has 5 rings (SSSR count). The van der Waals surface area contributed by atoms with Crippen molar-refractivity contribution in [3.05, 3.63) is 70.0 Å². The van der Waals surface area contributed by atoms with Crippen LogP contribution >= 0.6 is 36.4 Å². The highest BCUT2D eigenvalue weighted by atomic mass is 35.5. The molecule has 6 nitrogen and oxygen atoms in total. The molecular weight excluding hydrogens is 462 g/mol. The molecule has 32 heavy (non-hydrogen) atoms. The number of anilines is 2. The van der Waals surface area contributed by atoms with Crippen molar-refractivity contribution in [3.63, 3.8) is 0 Å². The zero-order chi connectivity index (χ0) is 23.9.